The van der Waals surface area contributed by atoms with Crippen LogP contribution < -0.4 is 0 Å². The van der Waals surface area contributed by atoms with E-state index in [-0.39, 0.29) is 5.91 Å². The minimum atomic E-state index is -0.0224. The molecule has 4 heteroatoms. The van der Waals surface area contributed by atoms with Crippen molar-refractivity contribution in [2.75, 3.05) is 7.05 Å². The highest BCUT2D eigenvalue weighted by Crippen LogP contribution is 2.30. The Morgan fingerprint density at radius 1 is 1.33 bits per heavy atom. The third-order valence-corrected chi connectivity index (χ3v) is 4.02. The minimum Gasteiger partial charge on any atom is -0.296 e. The summed E-state index contributed by atoms with van der Waals surface area (Å²) in [7, 11) is 1.70. The van der Waals surface area contributed by atoms with E-state index in [1.54, 1.807) is 7.05 Å². The Morgan fingerprint density at radius 2 is 2.00 bits per heavy atom. The highest BCUT2D eigenvalue weighted by Gasteiger charge is 2.28. The molecule has 18 heavy (non-hydrogen) atoms. The molecule has 1 saturated heterocycles. The summed E-state index contributed by atoms with van der Waals surface area (Å²) in [5.41, 5.74) is 2.16. The number of thioether (sulfide) groups is 1. The number of nitrogens with zero attached hydrogens (tertiary/aromatic N) is 1. The normalized spacial score (nSPS) is 18.9. The van der Waals surface area contributed by atoms with Crippen LogP contribution in [-0.4, -0.2) is 22.2 Å². The Bertz CT molecular complexity index is 546. The van der Waals surface area contributed by atoms with Crippen LogP contribution in [0, 0.1) is 0 Å². The Kier molecular flexibility index (Phi) is 3.99. The van der Waals surface area contributed by atoms with Gasteiger partial charge in [-0.3, -0.25) is 9.69 Å². The van der Waals surface area contributed by atoms with E-state index in [0.29, 0.717) is 9.23 Å². The number of carbonyl (C=O) groups is 1. The van der Waals surface area contributed by atoms with Crippen molar-refractivity contribution in [3.63, 3.8) is 0 Å². The predicted octanol–water partition coefficient (Wildman–Crippen LogP) is 3.46. The molecule has 92 valence electrons. The molecule has 1 aliphatic heterocycles. The zero-order chi connectivity index (χ0) is 13.1. The van der Waals surface area contributed by atoms with Crippen molar-refractivity contribution in [2.24, 2.45) is 0 Å². The van der Waals surface area contributed by atoms with Crippen LogP contribution in [-0.2, 0) is 4.79 Å². The van der Waals surface area contributed by atoms with E-state index >= 15 is 0 Å². The number of amides is 1. The Hall–Kier alpha value is -1.39. The molecule has 1 aromatic carbocycles. The first kappa shape index (κ1) is 13.1. The average molecular weight is 275 g/mol. The Labute approximate surface area is 116 Å². The molecule has 1 aliphatic rings. The van der Waals surface area contributed by atoms with Gasteiger partial charge in [0.05, 0.1) is 4.91 Å². The number of likely N-dealkylation sites (N-methyl/N-ethyl adjacent to an activating group) is 1. The van der Waals surface area contributed by atoms with Gasteiger partial charge < -0.3 is 0 Å². The molecule has 0 saturated carbocycles. The molecule has 1 fully saturated rings. The van der Waals surface area contributed by atoms with Crippen molar-refractivity contribution in [1.82, 2.24) is 4.90 Å². The molecule has 2 nitrogen and oxygen atoms in total. The summed E-state index contributed by atoms with van der Waals surface area (Å²) < 4.78 is 0.610. The summed E-state index contributed by atoms with van der Waals surface area (Å²) in [6, 6.07) is 10.0. The van der Waals surface area contributed by atoms with Crippen LogP contribution in [0.25, 0.3) is 6.08 Å². The molecule has 0 spiro atoms. The lowest BCUT2D eigenvalue weighted by Gasteiger charge is -2.03. The van der Waals surface area contributed by atoms with Gasteiger partial charge in [0, 0.05) is 7.05 Å². The van der Waals surface area contributed by atoms with Gasteiger partial charge in [0.15, 0.2) is 0 Å². The third-order valence-electron chi connectivity index (χ3n) is 2.54. The smallest absolute Gasteiger partial charge is 0.265 e. The summed E-state index contributed by atoms with van der Waals surface area (Å²) in [6.07, 6.45) is 3.93. The fourth-order valence-electron chi connectivity index (χ4n) is 1.61. The molecule has 0 radical (unpaired) electrons. The Balaban J connectivity index is 2.22. The van der Waals surface area contributed by atoms with Crippen molar-refractivity contribution >= 4 is 40.3 Å². The van der Waals surface area contributed by atoms with E-state index in [9.17, 15) is 4.79 Å². The largest absolute Gasteiger partial charge is 0.296 e. The molecule has 0 N–H and O–H groups in total. The minimum absolute atomic E-state index is 0.0224. The van der Waals surface area contributed by atoms with Crippen molar-refractivity contribution in [3.05, 3.63) is 52.4 Å². The number of allylic oxidation sites excluding steroid dienone is 2. The summed E-state index contributed by atoms with van der Waals surface area (Å²) in [5, 5.41) is 0. The maximum atomic E-state index is 11.8. The molecule has 1 aromatic rings. The maximum absolute atomic E-state index is 11.8. The van der Waals surface area contributed by atoms with Crippen LogP contribution in [0.5, 0.6) is 0 Å². The molecular weight excluding hydrogens is 262 g/mol. The van der Waals surface area contributed by atoms with Gasteiger partial charge in [-0.15, -0.1) is 0 Å². The fourth-order valence-corrected chi connectivity index (χ4v) is 2.84. The van der Waals surface area contributed by atoms with Gasteiger partial charge in [-0.2, -0.15) is 0 Å². The Morgan fingerprint density at radius 3 is 2.56 bits per heavy atom. The van der Waals surface area contributed by atoms with Crippen molar-refractivity contribution in [2.45, 2.75) is 6.92 Å². The van der Waals surface area contributed by atoms with Gasteiger partial charge in [0.1, 0.15) is 4.32 Å². The highest BCUT2D eigenvalue weighted by molar-refractivity contribution is 8.26. The van der Waals surface area contributed by atoms with Crippen LogP contribution in [0.4, 0.5) is 0 Å². The van der Waals surface area contributed by atoms with Gasteiger partial charge in [-0.05, 0) is 24.1 Å². The van der Waals surface area contributed by atoms with Gasteiger partial charge in [-0.1, -0.05) is 60.4 Å². The van der Waals surface area contributed by atoms with Crippen LogP contribution in [0.15, 0.2) is 46.9 Å². The van der Waals surface area contributed by atoms with E-state index in [1.807, 2.05) is 49.4 Å². The van der Waals surface area contributed by atoms with E-state index in [2.05, 4.69) is 0 Å². The number of benzene rings is 1. The topological polar surface area (TPSA) is 20.3 Å². The van der Waals surface area contributed by atoms with E-state index in [0.717, 1.165) is 11.1 Å². The second kappa shape index (κ2) is 5.50. The third kappa shape index (κ3) is 2.89. The molecule has 1 amide bonds. The summed E-state index contributed by atoms with van der Waals surface area (Å²) >= 11 is 6.43. The molecule has 0 unspecified atom stereocenters. The first-order valence-corrected chi connectivity index (χ1v) is 6.75. The lowest BCUT2D eigenvalue weighted by atomic mass is 10.1. The summed E-state index contributed by atoms with van der Waals surface area (Å²) in [4.78, 5) is 14.0. The first-order valence-electron chi connectivity index (χ1n) is 5.53. The zero-order valence-electron chi connectivity index (χ0n) is 10.2. The quantitative estimate of drug-likeness (QED) is 0.609. The lowest BCUT2D eigenvalue weighted by Crippen LogP contribution is -2.22. The number of thiocarbonyl (C=S) groups is 1. The summed E-state index contributed by atoms with van der Waals surface area (Å²) in [6.45, 7) is 1.98. The van der Waals surface area contributed by atoms with Gasteiger partial charge in [0.25, 0.3) is 5.91 Å². The molecule has 0 aliphatic carbocycles. The maximum Gasteiger partial charge on any atom is 0.265 e. The molecule has 2 rings (SSSR count). The monoisotopic (exact) mass is 275 g/mol. The van der Waals surface area contributed by atoms with Crippen LogP contribution in [0.2, 0.25) is 0 Å². The van der Waals surface area contributed by atoms with Crippen molar-refractivity contribution in [1.29, 1.82) is 0 Å². The van der Waals surface area contributed by atoms with E-state index < -0.39 is 0 Å². The number of rotatable bonds is 2. The second-order valence-corrected chi connectivity index (χ2v) is 5.72. The van der Waals surface area contributed by atoms with Crippen LogP contribution in [0.3, 0.4) is 0 Å². The predicted molar refractivity (Wildman–Crippen MR) is 81.1 cm³/mol. The lowest BCUT2D eigenvalue weighted by molar-refractivity contribution is -0.121. The van der Waals surface area contributed by atoms with Crippen LogP contribution in [0.1, 0.15) is 12.5 Å². The zero-order valence-corrected chi connectivity index (χ0v) is 11.8. The fraction of sp³-hybridized carbons (Fsp3) is 0.143. The van der Waals surface area contributed by atoms with Gasteiger partial charge in [-0.25, -0.2) is 0 Å². The average Bonchev–Trinajstić information content (AvgIpc) is 2.58. The second-order valence-electron chi connectivity index (χ2n) is 4.04. The van der Waals surface area contributed by atoms with Crippen molar-refractivity contribution in [3.8, 4) is 0 Å². The SMILES string of the molecule is CC(=C/c1ccccc1)/C=C1\SC(=S)N(C)C1=O. The first-order chi connectivity index (χ1) is 8.58. The molecule has 0 atom stereocenters. The van der Waals surface area contributed by atoms with Crippen LogP contribution >= 0.6 is 24.0 Å². The van der Waals surface area contributed by atoms with Crippen molar-refractivity contribution < 1.29 is 4.79 Å². The molecule has 1 heterocycles. The van der Waals surface area contributed by atoms with E-state index in [1.165, 1.54) is 16.7 Å². The molecule has 0 aromatic heterocycles. The molecule has 0 bridgehead atoms. The number of hydrogen-bond donors (Lipinski definition) is 0. The molecular formula is C14H13NOS2. The van der Waals surface area contributed by atoms with Gasteiger partial charge in [0.2, 0.25) is 0 Å². The van der Waals surface area contributed by atoms with Gasteiger partial charge >= 0.3 is 0 Å². The number of hydrogen-bond acceptors (Lipinski definition) is 3. The van der Waals surface area contributed by atoms with E-state index in [4.69, 9.17) is 12.2 Å². The summed E-state index contributed by atoms with van der Waals surface area (Å²) in [5.74, 6) is -0.0224. The highest BCUT2D eigenvalue weighted by atomic mass is 32.2. The standard InChI is InChI=1S/C14H13NOS2/c1-10(8-11-6-4-3-5-7-11)9-12-13(16)15(2)14(17)18-12/h3-9H,1-2H3/b10-8-,12-9-. The number of carbonyl (C=O) groups excluding carboxylic acids is 1.